The number of rotatable bonds is 8. The molecule has 0 aliphatic carbocycles. The van der Waals surface area contributed by atoms with Crippen molar-refractivity contribution in [3.05, 3.63) is 77.9 Å². The fraction of sp³-hybridized carbons (Fsp3) is 0.276. The molecule has 0 radical (unpaired) electrons. The Labute approximate surface area is 228 Å². The summed E-state index contributed by atoms with van der Waals surface area (Å²) in [4.78, 5) is 13.9. The second-order valence-corrected chi connectivity index (χ2v) is 11.5. The zero-order valence-electron chi connectivity index (χ0n) is 22.1. The Hall–Kier alpha value is -3.86. The van der Waals surface area contributed by atoms with E-state index in [1.54, 1.807) is 45.3 Å². The summed E-state index contributed by atoms with van der Waals surface area (Å²) in [6.45, 7) is 2.69. The lowest BCUT2D eigenvalue weighted by Crippen LogP contribution is -2.32. The first-order valence-corrected chi connectivity index (χ1v) is 14.3. The van der Waals surface area contributed by atoms with E-state index in [-0.39, 0.29) is 23.5 Å². The van der Waals surface area contributed by atoms with Gasteiger partial charge in [-0.25, -0.2) is 13.1 Å². The highest BCUT2D eigenvalue weighted by Crippen LogP contribution is 2.33. The van der Waals surface area contributed by atoms with Crippen molar-refractivity contribution in [1.82, 2.24) is 19.8 Å². The molecule has 0 spiro atoms. The molecule has 0 saturated carbocycles. The van der Waals surface area contributed by atoms with Gasteiger partial charge < -0.3 is 15.0 Å². The summed E-state index contributed by atoms with van der Waals surface area (Å²) in [5, 5.41) is 13.9. The first-order valence-electron chi connectivity index (χ1n) is 12.8. The number of carbonyl (C=O) groups excluding carboxylic acids is 1. The van der Waals surface area contributed by atoms with Crippen LogP contribution < -0.4 is 10.0 Å². The minimum Gasteiger partial charge on any atom is -0.377 e. The maximum absolute atomic E-state index is 13.2. The molecule has 1 saturated heterocycles. The number of nitrogens with zero attached hydrogens (tertiary/aromatic N) is 3. The molecule has 1 amide bonds. The fourth-order valence-electron chi connectivity index (χ4n) is 4.62. The summed E-state index contributed by atoms with van der Waals surface area (Å²) < 4.78 is 34.6. The molecule has 1 atom stereocenters. The molecule has 2 N–H and O–H groups in total. The number of hydrogen-bond donors (Lipinski definition) is 2. The van der Waals surface area contributed by atoms with Crippen LogP contribution in [0.1, 0.15) is 28.8 Å². The van der Waals surface area contributed by atoms with Crippen LogP contribution in [0.5, 0.6) is 0 Å². The largest absolute Gasteiger partial charge is 0.377 e. The molecule has 4 aromatic rings. The number of ether oxygens (including phenoxy) is 1. The van der Waals surface area contributed by atoms with Crippen LogP contribution in [0.25, 0.3) is 22.0 Å². The Morgan fingerprint density at radius 1 is 1.03 bits per heavy atom. The Balaban J connectivity index is 1.45. The average Bonchev–Trinajstić information content (AvgIpc) is 3.46. The van der Waals surface area contributed by atoms with E-state index in [2.05, 4.69) is 20.2 Å². The molecule has 5 rings (SSSR count). The van der Waals surface area contributed by atoms with Gasteiger partial charge in [-0.2, -0.15) is 0 Å². The van der Waals surface area contributed by atoms with Crippen LogP contribution in [0, 0.1) is 6.92 Å². The lowest BCUT2D eigenvalue weighted by Gasteiger charge is -2.15. The molecule has 1 fully saturated rings. The summed E-state index contributed by atoms with van der Waals surface area (Å²) in [7, 11) is -0.315. The number of anilines is 2. The Kier molecular flexibility index (Phi) is 7.60. The van der Waals surface area contributed by atoms with Crippen molar-refractivity contribution in [1.29, 1.82) is 0 Å². The van der Waals surface area contributed by atoms with Crippen LogP contribution in [0.3, 0.4) is 0 Å². The normalized spacial score (nSPS) is 15.4. The van der Waals surface area contributed by atoms with Crippen LogP contribution in [0.15, 0.2) is 71.6 Å². The molecule has 1 aliphatic rings. The van der Waals surface area contributed by atoms with Gasteiger partial charge >= 0.3 is 0 Å². The van der Waals surface area contributed by atoms with Crippen molar-refractivity contribution in [2.45, 2.75) is 30.8 Å². The van der Waals surface area contributed by atoms with Gasteiger partial charge in [0.15, 0.2) is 5.82 Å². The molecule has 2 heterocycles. The molecule has 1 unspecified atom stereocenters. The quantitative estimate of drug-likeness (QED) is 0.335. The highest BCUT2D eigenvalue weighted by atomic mass is 32.2. The lowest BCUT2D eigenvalue weighted by atomic mass is 10.0. The van der Waals surface area contributed by atoms with E-state index in [4.69, 9.17) is 4.74 Å². The van der Waals surface area contributed by atoms with Crippen molar-refractivity contribution in [3.63, 3.8) is 0 Å². The summed E-state index contributed by atoms with van der Waals surface area (Å²) in [5.41, 5.74) is 3.23. The summed E-state index contributed by atoms with van der Waals surface area (Å²) in [5.74, 6) is 0.483. The highest BCUT2D eigenvalue weighted by molar-refractivity contribution is 7.89. The van der Waals surface area contributed by atoms with Gasteiger partial charge in [-0.15, -0.1) is 10.2 Å². The second-order valence-electron chi connectivity index (χ2n) is 9.81. The molecule has 202 valence electrons. The van der Waals surface area contributed by atoms with Gasteiger partial charge in [0.25, 0.3) is 5.91 Å². The molecule has 1 aromatic heterocycles. The second kappa shape index (κ2) is 11.1. The summed E-state index contributed by atoms with van der Waals surface area (Å²) in [6.07, 6.45) is 1.70. The molecule has 0 bridgehead atoms. The smallest absolute Gasteiger partial charge is 0.253 e. The van der Waals surface area contributed by atoms with Crippen LogP contribution in [0.2, 0.25) is 0 Å². The third-order valence-electron chi connectivity index (χ3n) is 6.76. The molecule has 9 nitrogen and oxygen atoms in total. The molecular formula is C29H31N5O4S. The first-order chi connectivity index (χ1) is 18.7. The molecule has 3 aromatic carbocycles. The summed E-state index contributed by atoms with van der Waals surface area (Å²) in [6, 6.07) is 20.2. The van der Waals surface area contributed by atoms with E-state index in [9.17, 15) is 13.2 Å². The number of aryl methyl sites for hydroxylation is 1. The predicted octanol–water partition coefficient (Wildman–Crippen LogP) is 4.51. The maximum Gasteiger partial charge on any atom is 0.253 e. The van der Waals surface area contributed by atoms with Crippen molar-refractivity contribution in [2.24, 2.45) is 0 Å². The van der Waals surface area contributed by atoms with Gasteiger partial charge in [0, 0.05) is 54.8 Å². The van der Waals surface area contributed by atoms with E-state index >= 15 is 0 Å². The number of fused-ring (bicyclic) bond motifs is 1. The SMILES string of the molecule is Cc1ccc(-c2nnc(Nc3ccc(C(=O)N(C)C)cc3)c3ccccc23)cc1S(=O)(=O)NCC1CCCO1. The number of sulfonamides is 1. The maximum atomic E-state index is 13.2. The number of carbonyl (C=O) groups is 1. The molecule has 10 heteroatoms. The van der Waals surface area contributed by atoms with Crippen LogP contribution in [0.4, 0.5) is 11.5 Å². The van der Waals surface area contributed by atoms with Gasteiger partial charge in [0.05, 0.1) is 11.0 Å². The van der Waals surface area contributed by atoms with E-state index in [0.717, 1.165) is 29.3 Å². The number of amides is 1. The number of hydrogen-bond acceptors (Lipinski definition) is 7. The van der Waals surface area contributed by atoms with Crippen LogP contribution >= 0.6 is 0 Å². The van der Waals surface area contributed by atoms with E-state index in [1.807, 2.05) is 42.5 Å². The van der Waals surface area contributed by atoms with Gasteiger partial charge in [-0.05, 0) is 55.7 Å². The lowest BCUT2D eigenvalue weighted by molar-refractivity contribution is 0.0827. The number of nitrogens with one attached hydrogen (secondary N) is 2. The zero-order valence-corrected chi connectivity index (χ0v) is 23.0. The van der Waals surface area contributed by atoms with Crippen LogP contribution in [-0.4, -0.2) is 62.8 Å². The van der Waals surface area contributed by atoms with Crippen molar-refractivity contribution < 1.29 is 17.9 Å². The summed E-state index contributed by atoms with van der Waals surface area (Å²) >= 11 is 0. The average molecular weight is 546 g/mol. The molecule has 1 aliphatic heterocycles. The zero-order chi connectivity index (χ0) is 27.6. The first kappa shape index (κ1) is 26.7. The third kappa shape index (κ3) is 5.78. The van der Waals surface area contributed by atoms with Gasteiger partial charge in [0.1, 0.15) is 5.69 Å². The third-order valence-corrected chi connectivity index (χ3v) is 8.33. The minimum absolute atomic E-state index is 0.0716. The minimum atomic E-state index is -3.74. The van der Waals surface area contributed by atoms with E-state index < -0.39 is 10.0 Å². The topological polar surface area (TPSA) is 114 Å². The predicted molar refractivity (Wildman–Crippen MR) is 152 cm³/mol. The standard InChI is InChI=1S/C29H31N5O4S/c1-19-10-11-21(17-26(19)39(36,37)30-18-23-7-6-16-38-23)27-24-8-4-5-9-25(24)28(33-32-27)31-22-14-12-20(13-15-22)29(35)34(2)3/h4-5,8-15,17,23,30H,6-7,16,18H2,1-3H3,(H,31,33). The van der Waals surface area contributed by atoms with E-state index in [0.29, 0.717) is 34.8 Å². The Bertz CT molecular complexity index is 1620. The van der Waals surface area contributed by atoms with Gasteiger partial charge in [0.2, 0.25) is 10.0 Å². The molecule has 39 heavy (non-hydrogen) atoms. The van der Waals surface area contributed by atoms with Crippen molar-refractivity contribution in [2.75, 3.05) is 32.6 Å². The van der Waals surface area contributed by atoms with Crippen molar-refractivity contribution >= 4 is 38.2 Å². The number of benzene rings is 3. The monoisotopic (exact) mass is 545 g/mol. The van der Waals surface area contributed by atoms with Gasteiger partial charge in [-0.1, -0.05) is 36.4 Å². The van der Waals surface area contributed by atoms with Gasteiger partial charge in [-0.3, -0.25) is 4.79 Å². The Morgan fingerprint density at radius 3 is 2.46 bits per heavy atom. The highest BCUT2D eigenvalue weighted by Gasteiger charge is 2.23. The van der Waals surface area contributed by atoms with Crippen molar-refractivity contribution in [3.8, 4) is 11.3 Å². The fourth-order valence-corrected chi connectivity index (χ4v) is 5.96. The van der Waals surface area contributed by atoms with Crippen LogP contribution in [-0.2, 0) is 14.8 Å². The molecular weight excluding hydrogens is 514 g/mol. The van der Waals surface area contributed by atoms with E-state index in [1.165, 1.54) is 4.90 Å². The Morgan fingerprint density at radius 2 is 1.77 bits per heavy atom. The number of aromatic nitrogens is 2.